The molecule has 0 aromatic heterocycles. The van der Waals surface area contributed by atoms with Gasteiger partial charge in [-0.05, 0) is 68.3 Å². The van der Waals surface area contributed by atoms with Gasteiger partial charge in [-0.25, -0.2) is 0 Å². The second-order valence-electron chi connectivity index (χ2n) is 6.39. The van der Waals surface area contributed by atoms with Crippen LogP contribution in [0.3, 0.4) is 0 Å². The van der Waals surface area contributed by atoms with Gasteiger partial charge in [0.2, 0.25) is 5.91 Å². The molecule has 0 atom stereocenters. The summed E-state index contributed by atoms with van der Waals surface area (Å²) in [6.07, 6.45) is 1.49. The van der Waals surface area contributed by atoms with E-state index in [-0.39, 0.29) is 18.4 Å². The molecule has 0 spiro atoms. The number of carbonyl (C=O) groups is 2. The Morgan fingerprint density at radius 1 is 1.11 bits per heavy atom. The van der Waals surface area contributed by atoms with Crippen molar-refractivity contribution in [3.63, 3.8) is 0 Å². The molecule has 2 amide bonds. The van der Waals surface area contributed by atoms with Gasteiger partial charge in [0.05, 0.1) is 6.61 Å². The molecule has 2 aromatic carbocycles. The molecular weight excluding hydrogens is 344 g/mol. The molecule has 0 bridgehead atoms. The number of hydrogen-bond acceptors (Lipinski definition) is 4. The first-order chi connectivity index (χ1) is 13.1. The Labute approximate surface area is 159 Å². The van der Waals surface area contributed by atoms with Crippen LogP contribution >= 0.6 is 0 Å². The smallest absolute Gasteiger partial charge is 0.262 e. The lowest BCUT2D eigenvalue weighted by Gasteiger charge is -2.19. The Morgan fingerprint density at radius 3 is 2.41 bits per heavy atom. The van der Waals surface area contributed by atoms with Crippen LogP contribution in [-0.4, -0.2) is 31.6 Å². The maximum atomic E-state index is 12.1. The lowest BCUT2D eigenvalue weighted by molar-refractivity contribution is -0.118. The van der Waals surface area contributed by atoms with E-state index in [1.54, 1.807) is 29.2 Å². The predicted octanol–water partition coefficient (Wildman–Crippen LogP) is 3.54. The molecule has 142 valence electrons. The van der Waals surface area contributed by atoms with Crippen LogP contribution in [0.15, 0.2) is 42.5 Å². The third kappa shape index (κ3) is 4.78. The van der Waals surface area contributed by atoms with Gasteiger partial charge in [0.15, 0.2) is 6.61 Å². The second-order valence-corrected chi connectivity index (χ2v) is 6.39. The monoisotopic (exact) mass is 368 g/mol. The Hall–Kier alpha value is -3.02. The summed E-state index contributed by atoms with van der Waals surface area (Å²) < 4.78 is 10.9. The fourth-order valence-corrected chi connectivity index (χ4v) is 3.08. The summed E-state index contributed by atoms with van der Waals surface area (Å²) in [7, 11) is 0. The Bertz CT molecular complexity index is 817. The van der Waals surface area contributed by atoms with Gasteiger partial charge in [0.1, 0.15) is 11.5 Å². The van der Waals surface area contributed by atoms with Crippen molar-refractivity contribution in [1.82, 2.24) is 0 Å². The van der Waals surface area contributed by atoms with E-state index in [4.69, 9.17) is 9.47 Å². The van der Waals surface area contributed by atoms with E-state index < -0.39 is 0 Å². The van der Waals surface area contributed by atoms with Gasteiger partial charge >= 0.3 is 0 Å². The number of anilines is 2. The molecule has 1 N–H and O–H groups in total. The minimum absolute atomic E-state index is 0.0839. The third-order valence-electron chi connectivity index (χ3n) is 4.35. The van der Waals surface area contributed by atoms with E-state index in [9.17, 15) is 9.59 Å². The van der Waals surface area contributed by atoms with Crippen LogP contribution in [0.5, 0.6) is 11.5 Å². The lowest BCUT2D eigenvalue weighted by Crippen LogP contribution is -2.24. The average molecular weight is 368 g/mol. The first-order valence-electron chi connectivity index (χ1n) is 9.13. The normalized spacial score (nSPS) is 13.6. The van der Waals surface area contributed by atoms with Gasteiger partial charge < -0.3 is 19.7 Å². The van der Waals surface area contributed by atoms with Crippen LogP contribution in [-0.2, 0) is 9.59 Å². The van der Waals surface area contributed by atoms with Gasteiger partial charge in [-0.2, -0.15) is 0 Å². The Balaban J connectivity index is 1.54. The minimum atomic E-state index is -0.242. The molecule has 1 aliphatic heterocycles. The summed E-state index contributed by atoms with van der Waals surface area (Å²) in [5.74, 6) is 1.28. The van der Waals surface area contributed by atoms with Crippen LogP contribution in [0.1, 0.15) is 25.3 Å². The highest BCUT2D eigenvalue weighted by atomic mass is 16.5. The van der Waals surface area contributed by atoms with E-state index in [0.29, 0.717) is 24.5 Å². The number of carbonyl (C=O) groups excluding carboxylic acids is 2. The van der Waals surface area contributed by atoms with Crippen molar-refractivity contribution in [2.75, 3.05) is 30.0 Å². The standard InChI is InChI=1S/C21H24N2O4/c1-3-26-17-7-9-18(10-8-17)27-14-20(24)22-16-6-11-19(15(2)13-16)23-12-4-5-21(23)25/h6-11,13H,3-5,12,14H2,1-2H3,(H,22,24). The van der Waals surface area contributed by atoms with Gasteiger partial charge in [0.25, 0.3) is 5.91 Å². The molecule has 0 radical (unpaired) electrons. The van der Waals surface area contributed by atoms with Crippen molar-refractivity contribution < 1.29 is 19.1 Å². The number of nitrogens with one attached hydrogen (secondary N) is 1. The molecule has 1 heterocycles. The highest BCUT2D eigenvalue weighted by Gasteiger charge is 2.23. The van der Waals surface area contributed by atoms with Crippen LogP contribution < -0.4 is 19.7 Å². The Morgan fingerprint density at radius 2 is 1.81 bits per heavy atom. The van der Waals surface area contributed by atoms with Crippen LogP contribution in [0.2, 0.25) is 0 Å². The topological polar surface area (TPSA) is 67.9 Å². The van der Waals surface area contributed by atoms with Gasteiger partial charge in [-0.3, -0.25) is 9.59 Å². The number of ether oxygens (including phenoxy) is 2. The lowest BCUT2D eigenvalue weighted by atomic mass is 10.1. The molecule has 0 saturated carbocycles. The number of hydrogen-bond donors (Lipinski definition) is 1. The van der Waals surface area contributed by atoms with Crippen molar-refractivity contribution in [2.24, 2.45) is 0 Å². The number of amides is 2. The van der Waals surface area contributed by atoms with Crippen molar-refractivity contribution in [1.29, 1.82) is 0 Å². The maximum absolute atomic E-state index is 12.1. The fraction of sp³-hybridized carbons (Fsp3) is 0.333. The van der Waals surface area contributed by atoms with Crippen molar-refractivity contribution in [2.45, 2.75) is 26.7 Å². The first kappa shape index (κ1) is 18.8. The quantitative estimate of drug-likeness (QED) is 0.812. The number of aryl methyl sites for hydroxylation is 1. The van der Waals surface area contributed by atoms with Crippen LogP contribution in [0.4, 0.5) is 11.4 Å². The number of benzene rings is 2. The van der Waals surface area contributed by atoms with Crippen molar-refractivity contribution >= 4 is 23.2 Å². The summed E-state index contributed by atoms with van der Waals surface area (Å²) in [6, 6.07) is 12.7. The molecule has 0 aliphatic carbocycles. The van der Waals surface area contributed by atoms with Crippen molar-refractivity contribution in [3.8, 4) is 11.5 Å². The number of nitrogens with zero attached hydrogens (tertiary/aromatic N) is 1. The fourth-order valence-electron chi connectivity index (χ4n) is 3.08. The van der Waals surface area contributed by atoms with E-state index in [0.717, 1.165) is 30.0 Å². The van der Waals surface area contributed by atoms with E-state index in [1.165, 1.54) is 0 Å². The summed E-state index contributed by atoms with van der Waals surface area (Å²) >= 11 is 0. The summed E-state index contributed by atoms with van der Waals surface area (Å²) in [5.41, 5.74) is 2.54. The molecule has 1 aliphatic rings. The van der Waals surface area contributed by atoms with E-state index in [2.05, 4.69) is 5.32 Å². The SMILES string of the molecule is CCOc1ccc(OCC(=O)Nc2ccc(N3CCCC3=O)c(C)c2)cc1. The van der Waals surface area contributed by atoms with E-state index in [1.807, 2.05) is 32.0 Å². The first-order valence-corrected chi connectivity index (χ1v) is 9.13. The zero-order valence-corrected chi connectivity index (χ0v) is 15.7. The third-order valence-corrected chi connectivity index (χ3v) is 4.35. The molecule has 1 saturated heterocycles. The molecule has 6 nitrogen and oxygen atoms in total. The average Bonchev–Trinajstić information content (AvgIpc) is 3.07. The summed E-state index contributed by atoms with van der Waals surface area (Å²) in [6.45, 7) is 5.13. The molecule has 27 heavy (non-hydrogen) atoms. The van der Waals surface area contributed by atoms with Crippen LogP contribution in [0.25, 0.3) is 0 Å². The van der Waals surface area contributed by atoms with Gasteiger partial charge in [-0.1, -0.05) is 0 Å². The van der Waals surface area contributed by atoms with Crippen LogP contribution in [0, 0.1) is 6.92 Å². The highest BCUT2D eigenvalue weighted by molar-refractivity contribution is 5.97. The second kappa shape index (κ2) is 8.58. The molecule has 1 fully saturated rings. The Kier molecular flexibility index (Phi) is 5.96. The molecule has 3 rings (SSSR count). The van der Waals surface area contributed by atoms with Gasteiger partial charge in [0, 0.05) is 24.3 Å². The highest BCUT2D eigenvalue weighted by Crippen LogP contribution is 2.27. The van der Waals surface area contributed by atoms with Gasteiger partial charge in [-0.15, -0.1) is 0 Å². The predicted molar refractivity (Wildman–Crippen MR) is 105 cm³/mol. The molecule has 2 aromatic rings. The molecule has 0 unspecified atom stereocenters. The summed E-state index contributed by atoms with van der Waals surface area (Å²) in [4.78, 5) is 25.8. The zero-order chi connectivity index (χ0) is 19.2. The summed E-state index contributed by atoms with van der Waals surface area (Å²) in [5, 5.41) is 2.82. The molecule has 6 heteroatoms. The molecular formula is C21H24N2O4. The minimum Gasteiger partial charge on any atom is -0.494 e. The van der Waals surface area contributed by atoms with E-state index >= 15 is 0 Å². The zero-order valence-electron chi connectivity index (χ0n) is 15.7. The number of rotatable bonds is 7. The largest absolute Gasteiger partial charge is 0.494 e. The van der Waals surface area contributed by atoms with Crippen molar-refractivity contribution in [3.05, 3.63) is 48.0 Å². The maximum Gasteiger partial charge on any atom is 0.262 e.